The average molecular weight is 289 g/mol. The fourth-order valence-electron chi connectivity index (χ4n) is 2.42. The highest BCUT2D eigenvalue weighted by Crippen LogP contribution is 2.18. The molecule has 1 N–H and O–H groups in total. The van der Waals surface area contributed by atoms with E-state index in [-0.39, 0.29) is 30.9 Å². The average Bonchev–Trinajstić information content (AvgIpc) is 2.54. The smallest absolute Gasteiger partial charge is 0.410 e. The molecule has 2 rings (SSSR count). The maximum atomic E-state index is 11.9. The predicted octanol–water partition coefficient (Wildman–Crippen LogP) is 0.707. The lowest BCUT2D eigenvalue weighted by atomic mass is 9.93. The first kappa shape index (κ1) is 15.2. The van der Waals surface area contributed by atoms with E-state index in [4.69, 9.17) is 10.3 Å². The second kappa shape index (κ2) is 7.52. The van der Waals surface area contributed by atoms with E-state index in [1.165, 1.54) is 0 Å². The second-order valence-corrected chi connectivity index (χ2v) is 5.10. The van der Waals surface area contributed by atoms with E-state index < -0.39 is 0 Å². The van der Waals surface area contributed by atoms with Gasteiger partial charge in [-0.2, -0.15) is 0 Å². The molecule has 21 heavy (non-hydrogen) atoms. The number of rotatable bonds is 5. The molecule has 0 spiro atoms. The number of carbonyl (C=O) groups is 2. The summed E-state index contributed by atoms with van der Waals surface area (Å²) in [7, 11) is 0. The molecule has 6 nitrogen and oxygen atoms in total. The Morgan fingerprint density at radius 3 is 2.52 bits per heavy atom. The van der Waals surface area contributed by atoms with Crippen molar-refractivity contribution in [1.82, 2.24) is 4.90 Å². The van der Waals surface area contributed by atoms with E-state index in [1.807, 2.05) is 35.4 Å². The van der Waals surface area contributed by atoms with Crippen LogP contribution in [0, 0.1) is 5.92 Å². The lowest BCUT2D eigenvalue weighted by molar-refractivity contribution is -0.468. The minimum Gasteiger partial charge on any atom is -0.508 e. The van der Waals surface area contributed by atoms with Gasteiger partial charge in [-0.15, -0.1) is 0 Å². The van der Waals surface area contributed by atoms with Gasteiger partial charge >= 0.3 is 6.09 Å². The van der Waals surface area contributed by atoms with Crippen molar-refractivity contribution in [3.05, 3.63) is 41.4 Å². The van der Waals surface area contributed by atoms with Crippen LogP contribution in [0.5, 0.6) is 0 Å². The molecular formula is C15H19N3O3. The predicted molar refractivity (Wildman–Crippen MR) is 75.1 cm³/mol. The van der Waals surface area contributed by atoms with Crippen LogP contribution in [0.15, 0.2) is 30.3 Å². The number of benzene rings is 1. The van der Waals surface area contributed by atoms with Crippen LogP contribution in [0.4, 0.5) is 4.79 Å². The molecule has 1 amide bonds. The number of Topliss-reactive ketones (excluding diaryl/α,β-unsaturated/α-hetero) is 1. The number of carbonyl (C=O) groups excluding carboxylic acids is 2. The standard InChI is InChI=1S/C15H19N3O3/c16-17-10-14(19)13-6-8-18(9-7-13)15(20)21-11-12-4-2-1-3-5-12/h1-5,13,17H,6-11H2. The summed E-state index contributed by atoms with van der Waals surface area (Å²) in [5, 5.41) is 1.88. The first-order valence-corrected chi connectivity index (χ1v) is 7.06. The molecule has 6 heteroatoms. The SMILES string of the molecule is [N-]=[NH+]CC(=O)C1CCN(C(=O)OCc2ccccc2)CC1. The Bertz CT molecular complexity index is 496. The topological polar surface area (TPSA) is 82.9 Å². The van der Waals surface area contributed by atoms with E-state index in [0.29, 0.717) is 25.9 Å². The van der Waals surface area contributed by atoms with Crippen LogP contribution in [0.3, 0.4) is 0 Å². The Kier molecular flexibility index (Phi) is 5.43. The van der Waals surface area contributed by atoms with Crippen molar-refractivity contribution in [2.75, 3.05) is 19.6 Å². The Balaban J connectivity index is 1.75. The fourth-order valence-corrected chi connectivity index (χ4v) is 2.42. The molecular weight excluding hydrogens is 270 g/mol. The maximum absolute atomic E-state index is 11.9. The van der Waals surface area contributed by atoms with Gasteiger partial charge in [0, 0.05) is 19.0 Å². The van der Waals surface area contributed by atoms with E-state index in [1.54, 1.807) is 4.90 Å². The van der Waals surface area contributed by atoms with E-state index in [0.717, 1.165) is 5.56 Å². The number of amides is 1. The van der Waals surface area contributed by atoms with Gasteiger partial charge in [-0.1, -0.05) is 30.3 Å². The van der Waals surface area contributed by atoms with E-state index >= 15 is 0 Å². The Labute approximate surface area is 123 Å². The normalized spacial score (nSPS) is 15.5. The van der Waals surface area contributed by atoms with Gasteiger partial charge < -0.3 is 20.3 Å². The van der Waals surface area contributed by atoms with E-state index in [2.05, 4.69) is 0 Å². The van der Waals surface area contributed by atoms with Gasteiger partial charge in [-0.3, -0.25) is 4.79 Å². The number of ketones is 1. The minimum absolute atomic E-state index is 0.0187. The van der Waals surface area contributed by atoms with Crippen LogP contribution in [0.1, 0.15) is 18.4 Å². The van der Waals surface area contributed by atoms with Gasteiger partial charge in [0.25, 0.3) is 0 Å². The zero-order valence-electron chi connectivity index (χ0n) is 11.8. The van der Waals surface area contributed by atoms with Crippen molar-refractivity contribution in [2.45, 2.75) is 19.4 Å². The van der Waals surface area contributed by atoms with Crippen molar-refractivity contribution >= 4 is 11.9 Å². The molecule has 1 aromatic rings. The van der Waals surface area contributed by atoms with Crippen molar-refractivity contribution in [3.63, 3.8) is 0 Å². The van der Waals surface area contributed by atoms with Crippen LogP contribution in [-0.2, 0) is 16.1 Å². The molecule has 1 aromatic carbocycles. The van der Waals surface area contributed by atoms with Gasteiger partial charge in [-0.05, 0) is 18.4 Å². The summed E-state index contributed by atoms with van der Waals surface area (Å²) in [6.07, 6.45) is 0.882. The molecule has 0 radical (unpaired) electrons. The van der Waals surface area contributed by atoms with Crippen molar-refractivity contribution in [2.24, 2.45) is 5.92 Å². The summed E-state index contributed by atoms with van der Waals surface area (Å²) in [6.45, 7) is 1.24. The zero-order valence-corrected chi connectivity index (χ0v) is 11.8. The zero-order chi connectivity index (χ0) is 15.1. The van der Waals surface area contributed by atoms with Crippen LogP contribution in [-0.4, -0.2) is 36.4 Å². The first-order valence-electron chi connectivity index (χ1n) is 7.06. The summed E-state index contributed by atoms with van der Waals surface area (Å²) in [6, 6.07) is 9.51. The van der Waals surface area contributed by atoms with Gasteiger partial charge in [0.05, 0.1) is 0 Å². The Morgan fingerprint density at radius 1 is 1.24 bits per heavy atom. The summed E-state index contributed by atoms with van der Waals surface area (Å²) in [5.74, 6) is -0.113. The number of nitrogens with one attached hydrogen (secondary N) is 1. The largest absolute Gasteiger partial charge is 0.508 e. The number of hydrogen-bond donors (Lipinski definition) is 1. The molecule has 0 aromatic heterocycles. The molecule has 1 saturated heterocycles. The van der Waals surface area contributed by atoms with Crippen molar-refractivity contribution < 1.29 is 19.4 Å². The maximum Gasteiger partial charge on any atom is 0.410 e. The Morgan fingerprint density at radius 2 is 1.90 bits per heavy atom. The highest BCUT2D eigenvalue weighted by atomic mass is 16.6. The van der Waals surface area contributed by atoms with Crippen molar-refractivity contribution in [3.8, 4) is 0 Å². The quantitative estimate of drug-likeness (QED) is 0.810. The summed E-state index contributed by atoms with van der Waals surface area (Å²) in [4.78, 5) is 25.2. The van der Waals surface area contributed by atoms with Crippen LogP contribution >= 0.6 is 0 Å². The third-order valence-electron chi connectivity index (χ3n) is 3.67. The third kappa shape index (κ3) is 4.37. The first-order chi connectivity index (χ1) is 10.2. The van der Waals surface area contributed by atoms with Crippen LogP contribution in [0.25, 0.3) is 5.53 Å². The Hall–Kier alpha value is -2.24. The van der Waals surface area contributed by atoms with Gasteiger partial charge in [0.1, 0.15) is 6.61 Å². The molecule has 0 aliphatic carbocycles. The molecule has 0 saturated carbocycles. The highest BCUT2D eigenvalue weighted by Gasteiger charge is 2.28. The minimum atomic E-state index is -0.343. The summed E-state index contributed by atoms with van der Waals surface area (Å²) >= 11 is 0. The molecule has 1 aliphatic heterocycles. The molecule has 0 unspecified atom stereocenters. The van der Waals surface area contributed by atoms with Crippen LogP contribution in [0.2, 0.25) is 0 Å². The van der Waals surface area contributed by atoms with Crippen molar-refractivity contribution in [1.29, 1.82) is 0 Å². The van der Waals surface area contributed by atoms with Gasteiger partial charge in [-0.25, -0.2) is 4.79 Å². The van der Waals surface area contributed by atoms with E-state index in [9.17, 15) is 9.59 Å². The van der Waals surface area contributed by atoms with Crippen LogP contribution < -0.4 is 5.11 Å². The van der Waals surface area contributed by atoms with Gasteiger partial charge in [0.15, 0.2) is 12.3 Å². The van der Waals surface area contributed by atoms with Gasteiger partial charge in [0.2, 0.25) is 0 Å². The highest BCUT2D eigenvalue weighted by molar-refractivity contribution is 5.82. The molecule has 1 aliphatic rings. The molecule has 0 bridgehead atoms. The molecule has 0 atom stereocenters. The lowest BCUT2D eigenvalue weighted by Gasteiger charge is -2.30. The number of nitrogens with zero attached hydrogens (tertiary/aromatic N) is 2. The number of hydrogen-bond acceptors (Lipinski definition) is 3. The second-order valence-electron chi connectivity index (χ2n) is 5.10. The number of piperidine rings is 1. The molecule has 1 heterocycles. The summed E-state index contributed by atoms with van der Waals surface area (Å²) < 4.78 is 5.26. The molecule has 1 fully saturated rings. The third-order valence-corrected chi connectivity index (χ3v) is 3.67. The monoisotopic (exact) mass is 289 g/mol. The lowest BCUT2D eigenvalue weighted by Crippen LogP contribution is -2.66. The number of likely N-dealkylation sites (tertiary alicyclic amines) is 1. The summed E-state index contributed by atoms with van der Waals surface area (Å²) in [5.41, 5.74) is 9.48. The number of ether oxygens (including phenoxy) is 1. The molecule has 112 valence electrons. The fraction of sp³-hybridized carbons (Fsp3) is 0.467.